The van der Waals surface area contributed by atoms with E-state index in [4.69, 9.17) is 9.84 Å². The smallest absolute Gasteiger partial charge is 0.315 e. The van der Waals surface area contributed by atoms with Gasteiger partial charge < -0.3 is 20.5 Å². The van der Waals surface area contributed by atoms with E-state index < -0.39 is 5.97 Å². The third kappa shape index (κ3) is 5.53. The molecule has 1 aliphatic rings. The Labute approximate surface area is 101 Å². The van der Waals surface area contributed by atoms with Crippen molar-refractivity contribution >= 4 is 12.0 Å². The molecule has 3 N–H and O–H groups in total. The van der Waals surface area contributed by atoms with Crippen molar-refractivity contribution in [1.29, 1.82) is 0 Å². The van der Waals surface area contributed by atoms with Crippen molar-refractivity contribution in [2.75, 3.05) is 13.2 Å². The highest BCUT2D eigenvalue weighted by Gasteiger charge is 2.18. The lowest BCUT2D eigenvalue weighted by molar-refractivity contribution is -0.137. The molecule has 2 atom stereocenters. The van der Waals surface area contributed by atoms with Crippen LogP contribution >= 0.6 is 0 Å². The van der Waals surface area contributed by atoms with Gasteiger partial charge in [-0.3, -0.25) is 4.79 Å². The van der Waals surface area contributed by atoms with Gasteiger partial charge in [0.15, 0.2) is 0 Å². The molecule has 1 rings (SSSR count). The van der Waals surface area contributed by atoms with E-state index in [2.05, 4.69) is 10.6 Å². The van der Waals surface area contributed by atoms with E-state index in [0.29, 0.717) is 13.0 Å². The van der Waals surface area contributed by atoms with E-state index in [1.54, 1.807) is 0 Å². The lowest BCUT2D eigenvalue weighted by atomic mass is 10.1. The van der Waals surface area contributed by atoms with Crippen LogP contribution in [0.3, 0.4) is 0 Å². The van der Waals surface area contributed by atoms with Gasteiger partial charge in [0, 0.05) is 19.2 Å². The van der Waals surface area contributed by atoms with E-state index in [-0.39, 0.29) is 24.6 Å². The molecule has 0 radical (unpaired) electrons. The molecule has 0 aromatic heterocycles. The summed E-state index contributed by atoms with van der Waals surface area (Å²) in [4.78, 5) is 22.0. The Morgan fingerprint density at radius 2 is 2.29 bits per heavy atom. The monoisotopic (exact) mass is 244 g/mol. The zero-order chi connectivity index (χ0) is 12.7. The first kappa shape index (κ1) is 13.8. The van der Waals surface area contributed by atoms with Crippen molar-refractivity contribution in [1.82, 2.24) is 10.6 Å². The minimum Gasteiger partial charge on any atom is -0.481 e. The van der Waals surface area contributed by atoms with Crippen LogP contribution in [0.15, 0.2) is 0 Å². The fourth-order valence-electron chi connectivity index (χ4n) is 1.76. The molecule has 1 fully saturated rings. The lowest BCUT2D eigenvalue weighted by Gasteiger charge is -2.16. The molecule has 0 bridgehead atoms. The molecular formula is C11H20N2O4. The number of carbonyl (C=O) groups is 2. The molecule has 98 valence electrons. The summed E-state index contributed by atoms with van der Waals surface area (Å²) in [7, 11) is 0. The van der Waals surface area contributed by atoms with Gasteiger partial charge >= 0.3 is 12.0 Å². The summed E-state index contributed by atoms with van der Waals surface area (Å²) in [6, 6.07) is -0.648. The third-order valence-corrected chi connectivity index (χ3v) is 2.76. The number of hydrogen-bond acceptors (Lipinski definition) is 3. The van der Waals surface area contributed by atoms with Crippen LogP contribution in [-0.2, 0) is 9.53 Å². The number of ether oxygens (including phenoxy) is 1. The average Bonchev–Trinajstić information content (AvgIpc) is 2.77. The fourth-order valence-corrected chi connectivity index (χ4v) is 1.76. The number of carboxylic acids is 1. The van der Waals surface area contributed by atoms with Crippen molar-refractivity contribution in [2.24, 2.45) is 0 Å². The molecular weight excluding hydrogens is 224 g/mol. The number of urea groups is 1. The van der Waals surface area contributed by atoms with E-state index >= 15 is 0 Å². The van der Waals surface area contributed by atoms with Crippen molar-refractivity contribution in [2.45, 2.75) is 44.8 Å². The number of nitrogens with one attached hydrogen (secondary N) is 2. The summed E-state index contributed by atoms with van der Waals surface area (Å²) in [5.74, 6) is -0.906. The van der Waals surface area contributed by atoms with Gasteiger partial charge in [0.1, 0.15) is 0 Å². The van der Waals surface area contributed by atoms with Crippen molar-refractivity contribution in [3.8, 4) is 0 Å². The first-order valence-electron chi connectivity index (χ1n) is 5.99. The van der Waals surface area contributed by atoms with Crippen LogP contribution in [0.2, 0.25) is 0 Å². The molecule has 0 aromatic rings. The summed E-state index contributed by atoms with van der Waals surface area (Å²) in [5, 5.41) is 14.0. The van der Waals surface area contributed by atoms with Crippen LogP contribution in [0.4, 0.5) is 4.79 Å². The SMILES string of the molecule is CCC(CC(=O)O)NC(=O)NCC1CCCO1. The molecule has 0 aromatic carbocycles. The molecule has 1 heterocycles. The molecule has 0 spiro atoms. The number of carboxylic acid groups (broad SMARTS) is 1. The van der Waals surface area contributed by atoms with Gasteiger partial charge in [-0.05, 0) is 19.3 Å². The standard InChI is InChI=1S/C11H20N2O4/c1-2-8(6-10(14)15)13-11(16)12-7-9-4-3-5-17-9/h8-9H,2-7H2,1H3,(H,14,15)(H2,12,13,16). The third-order valence-electron chi connectivity index (χ3n) is 2.76. The van der Waals surface area contributed by atoms with Crippen LogP contribution in [0.1, 0.15) is 32.6 Å². The highest BCUT2D eigenvalue weighted by atomic mass is 16.5. The molecule has 0 aliphatic carbocycles. The van der Waals surface area contributed by atoms with Gasteiger partial charge in [0.05, 0.1) is 12.5 Å². The topological polar surface area (TPSA) is 87.7 Å². The summed E-state index contributed by atoms with van der Waals surface area (Å²) < 4.78 is 5.36. The Bertz CT molecular complexity index is 264. The van der Waals surface area contributed by atoms with Gasteiger partial charge in [-0.25, -0.2) is 4.79 Å². The van der Waals surface area contributed by atoms with E-state index in [1.807, 2.05) is 6.92 Å². The van der Waals surface area contributed by atoms with E-state index in [1.165, 1.54) is 0 Å². The summed E-state index contributed by atoms with van der Waals surface area (Å²) in [6.45, 7) is 3.08. The molecule has 6 nitrogen and oxygen atoms in total. The summed E-state index contributed by atoms with van der Waals surface area (Å²) >= 11 is 0. The molecule has 2 unspecified atom stereocenters. The van der Waals surface area contributed by atoms with Gasteiger partial charge in [0.2, 0.25) is 0 Å². The van der Waals surface area contributed by atoms with Crippen LogP contribution in [0.25, 0.3) is 0 Å². The van der Waals surface area contributed by atoms with Crippen LogP contribution in [0.5, 0.6) is 0 Å². The minimum absolute atomic E-state index is 0.0517. The Morgan fingerprint density at radius 3 is 2.82 bits per heavy atom. The number of hydrogen-bond donors (Lipinski definition) is 3. The first-order chi connectivity index (χ1) is 8.11. The van der Waals surface area contributed by atoms with Crippen LogP contribution in [0, 0.1) is 0 Å². The van der Waals surface area contributed by atoms with Crippen molar-refractivity contribution < 1.29 is 19.4 Å². The van der Waals surface area contributed by atoms with Crippen LogP contribution < -0.4 is 10.6 Å². The maximum Gasteiger partial charge on any atom is 0.315 e. The molecule has 0 saturated carbocycles. The Kier molecular flexibility index (Phi) is 5.76. The molecule has 6 heteroatoms. The van der Waals surface area contributed by atoms with E-state index in [9.17, 15) is 9.59 Å². The molecule has 1 saturated heterocycles. The Balaban J connectivity index is 2.19. The van der Waals surface area contributed by atoms with E-state index in [0.717, 1.165) is 19.4 Å². The lowest BCUT2D eigenvalue weighted by Crippen LogP contribution is -2.44. The highest BCUT2D eigenvalue weighted by molar-refractivity contribution is 5.75. The van der Waals surface area contributed by atoms with Gasteiger partial charge in [-0.15, -0.1) is 0 Å². The Morgan fingerprint density at radius 1 is 1.53 bits per heavy atom. The predicted molar refractivity (Wildman–Crippen MR) is 61.8 cm³/mol. The second kappa shape index (κ2) is 7.11. The second-order valence-corrected chi connectivity index (χ2v) is 4.19. The molecule has 2 amide bonds. The molecule has 17 heavy (non-hydrogen) atoms. The maximum absolute atomic E-state index is 11.5. The summed E-state index contributed by atoms with van der Waals surface area (Å²) in [6.07, 6.45) is 2.64. The minimum atomic E-state index is -0.906. The maximum atomic E-state index is 11.5. The van der Waals surface area contributed by atoms with Gasteiger partial charge in [-0.2, -0.15) is 0 Å². The molecule has 1 aliphatic heterocycles. The average molecular weight is 244 g/mol. The zero-order valence-corrected chi connectivity index (χ0v) is 10.1. The fraction of sp³-hybridized carbons (Fsp3) is 0.818. The largest absolute Gasteiger partial charge is 0.481 e. The first-order valence-corrected chi connectivity index (χ1v) is 5.99. The number of aliphatic carboxylic acids is 1. The Hall–Kier alpha value is -1.30. The number of amides is 2. The number of rotatable bonds is 6. The van der Waals surface area contributed by atoms with Crippen molar-refractivity contribution in [3.63, 3.8) is 0 Å². The zero-order valence-electron chi connectivity index (χ0n) is 10.1. The van der Waals surface area contributed by atoms with Crippen LogP contribution in [-0.4, -0.2) is 42.4 Å². The van der Waals surface area contributed by atoms with Crippen molar-refractivity contribution in [3.05, 3.63) is 0 Å². The van der Waals surface area contributed by atoms with Gasteiger partial charge in [-0.1, -0.05) is 6.92 Å². The summed E-state index contributed by atoms with van der Waals surface area (Å²) in [5.41, 5.74) is 0. The second-order valence-electron chi connectivity index (χ2n) is 4.19. The van der Waals surface area contributed by atoms with Gasteiger partial charge in [0.25, 0.3) is 0 Å². The number of carbonyl (C=O) groups excluding carboxylic acids is 1. The highest BCUT2D eigenvalue weighted by Crippen LogP contribution is 2.10. The quantitative estimate of drug-likeness (QED) is 0.642. The normalized spacial score (nSPS) is 20.9. The predicted octanol–water partition coefficient (Wildman–Crippen LogP) is 0.718.